The molecule has 142 valence electrons. The fourth-order valence-corrected chi connectivity index (χ4v) is 3.64. The molecule has 7 nitrogen and oxygen atoms in total. The van der Waals surface area contributed by atoms with Gasteiger partial charge >= 0.3 is 0 Å². The largest absolute Gasteiger partial charge is 0.366 e. The summed E-state index contributed by atoms with van der Waals surface area (Å²) in [6, 6.07) is 8.89. The van der Waals surface area contributed by atoms with Crippen molar-refractivity contribution in [2.45, 2.75) is 51.2 Å². The summed E-state index contributed by atoms with van der Waals surface area (Å²) in [6.45, 7) is 2.62. The monoisotopic (exact) mass is 365 g/mol. The molecule has 0 atom stereocenters. The zero-order chi connectivity index (χ0) is 18.8. The lowest BCUT2D eigenvalue weighted by Gasteiger charge is -2.28. The number of aromatic nitrogens is 3. The quantitative estimate of drug-likeness (QED) is 0.554. The maximum atomic E-state index is 6.04. The number of rotatable bonds is 5. The van der Waals surface area contributed by atoms with Gasteiger partial charge in [0.2, 0.25) is 0 Å². The molecule has 0 saturated heterocycles. The first-order valence-corrected chi connectivity index (χ1v) is 9.56. The first-order valence-electron chi connectivity index (χ1n) is 9.56. The molecule has 1 saturated carbocycles. The van der Waals surface area contributed by atoms with E-state index in [1.54, 1.807) is 6.20 Å². The predicted molar refractivity (Wildman–Crippen MR) is 109 cm³/mol. The van der Waals surface area contributed by atoms with Crippen LogP contribution in [0.2, 0.25) is 0 Å². The third-order valence-corrected chi connectivity index (χ3v) is 5.35. The van der Waals surface area contributed by atoms with Gasteiger partial charge < -0.3 is 22.1 Å². The summed E-state index contributed by atoms with van der Waals surface area (Å²) >= 11 is 0. The SMILES string of the molecule is Cc1c(N[C@H]2CC[C@H](N)CC2)nn2ccnc2c1Nc1ccc(CN)cc1. The molecule has 0 amide bonds. The number of imidazole rings is 1. The fourth-order valence-electron chi connectivity index (χ4n) is 3.64. The van der Waals surface area contributed by atoms with Gasteiger partial charge in [0.1, 0.15) is 0 Å². The molecule has 3 aromatic rings. The minimum absolute atomic E-state index is 0.335. The van der Waals surface area contributed by atoms with Gasteiger partial charge in [-0.05, 0) is 50.3 Å². The zero-order valence-electron chi connectivity index (χ0n) is 15.7. The molecule has 0 spiro atoms. The Morgan fingerprint density at radius 1 is 1.15 bits per heavy atom. The molecule has 27 heavy (non-hydrogen) atoms. The molecule has 2 heterocycles. The van der Waals surface area contributed by atoms with Gasteiger partial charge in [-0.2, -0.15) is 0 Å². The van der Waals surface area contributed by atoms with Crippen LogP contribution in [0.15, 0.2) is 36.7 Å². The molecule has 0 aliphatic heterocycles. The van der Waals surface area contributed by atoms with Gasteiger partial charge in [-0.15, -0.1) is 5.10 Å². The van der Waals surface area contributed by atoms with Gasteiger partial charge in [0.05, 0.1) is 5.69 Å². The highest BCUT2D eigenvalue weighted by Gasteiger charge is 2.21. The second-order valence-electron chi connectivity index (χ2n) is 7.33. The molecule has 0 unspecified atom stereocenters. The lowest BCUT2D eigenvalue weighted by atomic mass is 9.92. The first-order chi connectivity index (χ1) is 13.1. The normalized spacial score (nSPS) is 20.0. The Morgan fingerprint density at radius 3 is 2.59 bits per heavy atom. The molecule has 1 fully saturated rings. The third kappa shape index (κ3) is 3.74. The van der Waals surface area contributed by atoms with Crippen molar-refractivity contribution in [2.75, 3.05) is 10.6 Å². The van der Waals surface area contributed by atoms with Crippen LogP contribution in [-0.2, 0) is 6.54 Å². The highest BCUT2D eigenvalue weighted by atomic mass is 15.3. The Bertz CT molecular complexity index is 908. The predicted octanol–water partition coefficient (Wildman–Crippen LogP) is 2.92. The van der Waals surface area contributed by atoms with Crippen LogP contribution < -0.4 is 22.1 Å². The Labute approximate surface area is 159 Å². The van der Waals surface area contributed by atoms with Gasteiger partial charge in [-0.1, -0.05) is 12.1 Å². The van der Waals surface area contributed by atoms with Crippen LogP contribution in [-0.4, -0.2) is 26.7 Å². The van der Waals surface area contributed by atoms with E-state index in [2.05, 4.69) is 22.5 Å². The number of benzene rings is 1. The highest BCUT2D eigenvalue weighted by Crippen LogP contribution is 2.30. The molecule has 6 N–H and O–H groups in total. The maximum Gasteiger partial charge on any atom is 0.177 e. The first kappa shape index (κ1) is 17.8. The van der Waals surface area contributed by atoms with Gasteiger partial charge in [0, 0.05) is 42.3 Å². The van der Waals surface area contributed by atoms with Crippen LogP contribution in [0.4, 0.5) is 17.2 Å². The smallest absolute Gasteiger partial charge is 0.177 e. The number of hydrogen-bond donors (Lipinski definition) is 4. The van der Waals surface area contributed by atoms with Crippen molar-refractivity contribution in [1.29, 1.82) is 0 Å². The van der Waals surface area contributed by atoms with E-state index < -0.39 is 0 Å². The van der Waals surface area contributed by atoms with Crippen LogP contribution in [0.1, 0.15) is 36.8 Å². The lowest BCUT2D eigenvalue weighted by molar-refractivity contribution is 0.410. The van der Waals surface area contributed by atoms with E-state index in [-0.39, 0.29) is 0 Å². The molecule has 2 aromatic heterocycles. The van der Waals surface area contributed by atoms with Crippen molar-refractivity contribution in [2.24, 2.45) is 11.5 Å². The molecule has 1 aromatic carbocycles. The summed E-state index contributed by atoms with van der Waals surface area (Å²) in [5, 5.41) is 11.9. The molecule has 0 bridgehead atoms. The number of fused-ring (bicyclic) bond motifs is 1. The summed E-state index contributed by atoms with van der Waals surface area (Å²) in [7, 11) is 0. The van der Waals surface area contributed by atoms with Crippen molar-refractivity contribution in [3.8, 4) is 0 Å². The number of hydrogen-bond acceptors (Lipinski definition) is 6. The van der Waals surface area contributed by atoms with Gasteiger partial charge in [0.15, 0.2) is 11.5 Å². The van der Waals surface area contributed by atoms with E-state index >= 15 is 0 Å². The van der Waals surface area contributed by atoms with Crippen LogP contribution in [0.5, 0.6) is 0 Å². The second-order valence-corrected chi connectivity index (χ2v) is 7.33. The average Bonchev–Trinajstić information content (AvgIpc) is 3.15. The standard InChI is InChI=1S/C20H27N7/c1-13-18(24-16-6-2-14(12-21)3-7-16)20-23-10-11-27(20)26-19(13)25-17-8-4-15(22)5-9-17/h2-3,6-7,10-11,15,17,24H,4-5,8-9,12,21-22H2,1H3,(H,25,26)/t15-,17-. The fraction of sp³-hybridized carbons (Fsp3) is 0.400. The minimum atomic E-state index is 0.335. The molecule has 7 heteroatoms. The van der Waals surface area contributed by atoms with Crippen LogP contribution in [0.3, 0.4) is 0 Å². The Kier molecular flexibility index (Phi) is 4.96. The molecule has 1 aliphatic rings. The van der Waals surface area contributed by atoms with Crippen LogP contribution in [0.25, 0.3) is 5.65 Å². The van der Waals surface area contributed by atoms with Gasteiger partial charge in [-0.3, -0.25) is 0 Å². The van der Waals surface area contributed by atoms with Crippen molar-refractivity contribution < 1.29 is 0 Å². The van der Waals surface area contributed by atoms with Gasteiger partial charge in [0.25, 0.3) is 0 Å². The van der Waals surface area contributed by atoms with E-state index in [4.69, 9.17) is 16.6 Å². The lowest BCUT2D eigenvalue weighted by Crippen LogP contribution is -2.33. The Balaban J connectivity index is 1.64. The Morgan fingerprint density at radius 2 is 1.89 bits per heavy atom. The molecular weight excluding hydrogens is 338 g/mol. The van der Waals surface area contributed by atoms with E-state index in [0.717, 1.165) is 59.7 Å². The molecule has 4 rings (SSSR count). The summed E-state index contributed by atoms with van der Waals surface area (Å²) in [5.74, 6) is 0.891. The topological polar surface area (TPSA) is 106 Å². The van der Waals surface area contributed by atoms with E-state index in [1.807, 2.05) is 35.0 Å². The number of nitrogens with one attached hydrogen (secondary N) is 2. The summed E-state index contributed by atoms with van der Waals surface area (Å²) in [5.41, 5.74) is 16.7. The van der Waals surface area contributed by atoms with E-state index in [0.29, 0.717) is 18.6 Å². The highest BCUT2D eigenvalue weighted by molar-refractivity contribution is 5.80. The number of nitrogens with two attached hydrogens (primary N) is 2. The third-order valence-electron chi connectivity index (χ3n) is 5.35. The average molecular weight is 365 g/mol. The second kappa shape index (κ2) is 7.54. The molecular formula is C20H27N7. The van der Waals surface area contributed by atoms with Gasteiger partial charge in [-0.25, -0.2) is 9.50 Å². The van der Waals surface area contributed by atoms with Crippen molar-refractivity contribution in [1.82, 2.24) is 14.6 Å². The molecule has 1 aliphatic carbocycles. The van der Waals surface area contributed by atoms with E-state index in [1.165, 1.54) is 0 Å². The van der Waals surface area contributed by atoms with Crippen molar-refractivity contribution >= 4 is 22.8 Å². The summed E-state index contributed by atoms with van der Waals surface area (Å²) in [6.07, 6.45) is 7.92. The number of nitrogens with zero attached hydrogens (tertiary/aromatic N) is 3. The number of anilines is 3. The minimum Gasteiger partial charge on any atom is -0.366 e. The summed E-state index contributed by atoms with van der Waals surface area (Å²) < 4.78 is 1.82. The van der Waals surface area contributed by atoms with Crippen molar-refractivity contribution in [3.63, 3.8) is 0 Å². The van der Waals surface area contributed by atoms with Crippen molar-refractivity contribution in [3.05, 3.63) is 47.8 Å². The Hall–Kier alpha value is -2.64. The van der Waals surface area contributed by atoms with Crippen LogP contribution >= 0.6 is 0 Å². The van der Waals surface area contributed by atoms with E-state index in [9.17, 15) is 0 Å². The maximum absolute atomic E-state index is 6.04. The summed E-state index contributed by atoms with van der Waals surface area (Å²) in [4.78, 5) is 4.48. The van der Waals surface area contributed by atoms with Crippen LogP contribution in [0, 0.1) is 6.92 Å². The molecule has 0 radical (unpaired) electrons. The zero-order valence-corrected chi connectivity index (χ0v) is 15.7.